The first-order valence-electron chi connectivity index (χ1n) is 5.61. The molecule has 1 heterocycles. The van der Waals surface area contributed by atoms with Gasteiger partial charge in [0, 0.05) is 12.8 Å². The molecule has 0 amide bonds. The number of rotatable bonds is 8. The molecule has 0 aliphatic heterocycles. The van der Waals surface area contributed by atoms with Crippen LogP contribution >= 0.6 is 11.8 Å². The minimum absolute atomic E-state index is 0.448. The van der Waals surface area contributed by atoms with Crippen molar-refractivity contribution in [3.05, 3.63) is 18.5 Å². The van der Waals surface area contributed by atoms with Crippen LogP contribution in [0.5, 0.6) is 0 Å². The van der Waals surface area contributed by atoms with E-state index >= 15 is 0 Å². The summed E-state index contributed by atoms with van der Waals surface area (Å²) >= 11 is 1.75. The summed E-state index contributed by atoms with van der Waals surface area (Å²) in [6.45, 7) is 4.16. The van der Waals surface area contributed by atoms with Crippen LogP contribution in [0.1, 0.15) is 31.5 Å². The molecule has 1 aromatic heterocycles. The van der Waals surface area contributed by atoms with Gasteiger partial charge in [-0.15, -0.1) is 16.8 Å². The van der Waals surface area contributed by atoms with Gasteiger partial charge in [0.1, 0.15) is 5.82 Å². The fourth-order valence-corrected chi connectivity index (χ4v) is 2.31. The summed E-state index contributed by atoms with van der Waals surface area (Å²) in [6.07, 6.45) is 6.79. The van der Waals surface area contributed by atoms with E-state index in [1.807, 2.05) is 17.7 Å². The first kappa shape index (κ1) is 13.3. The lowest BCUT2D eigenvalue weighted by Crippen LogP contribution is -2.05. The van der Waals surface area contributed by atoms with Crippen LogP contribution in [-0.2, 0) is 13.6 Å². The topological polar surface area (TPSA) is 56.7 Å². The minimum atomic E-state index is 0.448. The predicted molar refractivity (Wildman–Crippen MR) is 68.3 cm³/mol. The summed E-state index contributed by atoms with van der Waals surface area (Å²) in [5.41, 5.74) is 5.53. The van der Waals surface area contributed by atoms with E-state index in [2.05, 4.69) is 16.8 Å². The molecule has 5 heteroatoms. The Morgan fingerprint density at radius 1 is 1.38 bits per heavy atom. The molecule has 0 atom stereocenters. The zero-order valence-corrected chi connectivity index (χ0v) is 10.7. The molecule has 0 saturated heterocycles. The van der Waals surface area contributed by atoms with E-state index in [4.69, 9.17) is 5.73 Å². The van der Waals surface area contributed by atoms with Gasteiger partial charge in [0.2, 0.25) is 0 Å². The summed E-state index contributed by atoms with van der Waals surface area (Å²) in [5, 5.41) is 9.08. The van der Waals surface area contributed by atoms with E-state index in [9.17, 15) is 0 Å². The van der Waals surface area contributed by atoms with Gasteiger partial charge >= 0.3 is 0 Å². The monoisotopic (exact) mass is 240 g/mol. The Morgan fingerprint density at radius 2 is 2.19 bits per heavy atom. The number of allylic oxidation sites excluding steroid dienone is 1. The van der Waals surface area contributed by atoms with Gasteiger partial charge in [0.25, 0.3) is 0 Å². The molecule has 1 aromatic rings. The van der Waals surface area contributed by atoms with E-state index in [1.54, 1.807) is 11.8 Å². The molecule has 0 aliphatic rings. The van der Waals surface area contributed by atoms with Crippen LogP contribution in [0.2, 0.25) is 0 Å². The van der Waals surface area contributed by atoms with Crippen LogP contribution in [0.3, 0.4) is 0 Å². The second-order valence-electron chi connectivity index (χ2n) is 3.65. The fraction of sp³-hybridized carbons (Fsp3) is 0.636. The SMILES string of the molecule is C=CCCCCCSc1nnc(CN)n1C. The molecule has 16 heavy (non-hydrogen) atoms. The molecule has 90 valence electrons. The Kier molecular flexibility index (Phi) is 6.18. The molecule has 0 bridgehead atoms. The highest BCUT2D eigenvalue weighted by Crippen LogP contribution is 2.17. The zero-order chi connectivity index (χ0) is 11.8. The molecule has 0 radical (unpaired) electrons. The van der Waals surface area contributed by atoms with Gasteiger partial charge in [0.15, 0.2) is 5.16 Å². The maximum atomic E-state index is 5.53. The Balaban J connectivity index is 2.21. The van der Waals surface area contributed by atoms with Crippen molar-refractivity contribution in [3.63, 3.8) is 0 Å². The Bertz CT molecular complexity index is 322. The van der Waals surface area contributed by atoms with Crippen LogP contribution in [0.15, 0.2) is 17.8 Å². The standard InChI is InChI=1S/C11H20N4S/c1-3-4-5-6-7-8-16-11-14-13-10(9-12)15(11)2/h3H,1,4-9,12H2,2H3. The highest BCUT2D eigenvalue weighted by molar-refractivity contribution is 7.99. The van der Waals surface area contributed by atoms with Crippen LogP contribution in [-0.4, -0.2) is 20.5 Å². The molecule has 0 aromatic carbocycles. The summed E-state index contributed by atoms with van der Waals surface area (Å²) in [5.74, 6) is 1.93. The smallest absolute Gasteiger partial charge is 0.190 e. The molecule has 4 nitrogen and oxygen atoms in total. The number of hydrogen-bond donors (Lipinski definition) is 1. The molecule has 1 rings (SSSR count). The van der Waals surface area contributed by atoms with Gasteiger partial charge in [-0.25, -0.2) is 0 Å². The quantitative estimate of drug-likeness (QED) is 0.429. The van der Waals surface area contributed by atoms with Gasteiger partial charge < -0.3 is 10.3 Å². The predicted octanol–water partition coefficient (Wildman–Crippen LogP) is 2.11. The van der Waals surface area contributed by atoms with Crippen molar-refractivity contribution in [2.45, 2.75) is 37.4 Å². The third kappa shape index (κ3) is 3.98. The van der Waals surface area contributed by atoms with Crippen LogP contribution in [0.25, 0.3) is 0 Å². The second-order valence-corrected chi connectivity index (χ2v) is 4.71. The maximum absolute atomic E-state index is 5.53. The van der Waals surface area contributed by atoms with Gasteiger partial charge in [-0.1, -0.05) is 24.3 Å². The Morgan fingerprint density at radius 3 is 2.81 bits per heavy atom. The van der Waals surface area contributed by atoms with Crippen molar-refractivity contribution < 1.29 is 0 Å². The Hall–Kier alpha value is -0.810. The van der Waals surface area contributed by atoms with Crippen molar-refractivity contribution in [3.8, 4) is 0 Å². The highest BCUT2D eigenvalue weighted by Gasteiger charge is 2.06. The third-order valence-electron chi connectivity index (χ3n) is 2.39. The number of nitrogens with zero attached hydrogens (tertiary/aromatic N) is 3. The number of thioether (sulfide) groups is 1. The molecular formula is C11H20N4S. The van der Waals surface area contributed by atoms with Crippen molar-refractivity contribution in [2.24, 2.45) is 12.8 Å². The van der Waals surface area contributed by atoms with Crippen molar-refractivity contribution in [1.82, 2.24) is 14.8 Å². The lowest BCUT2D eigenvalue weighted by Gasteiger charge is -2.02. The molecule has 0 fully saturated rings. The van der Waals surface area contributed by atoms with Gasteiger partial charge in [0.05, 0.1) is 6.54 Å². The van der Waals surface area contributed by atoms with Gasteiger partial charge in [-0.3, -0.25) is 0 Å². The molecule has 0 saturated carbocycles. The number of nitrogens with two attached hydrogens (primary N) is 1. The van der Waals surface area contributed by atoms with Crippen molar-refractivity contribution in [2.75, 3.05) is 5.75 Å². The Labute approximate surface area is 101 Å². The lowest BCUT2D eigenvalue weighted by atomic mass is 10.2. The minimum Gasteiger partial charge on any atom is -0.324 e. The molecule has 0 unspecified atom stereocenters. The number of unbranched alkanes of at least 4 members (excludes halogenated alkanes) is 3. The van der Waals surface area contributed by atoms with Crippen LogP contribution in [0.4, 0.5) is 0 Å². The normalized spacial score (nSPS) is 10.6. The fourth-order valence-electron chi connectivity index (χ4n) is 1.38. The first-order valence-corrected chi connectivity index (χ1v) is 6.60. The van der Waals surface area contributed by atoms with E-state index < -0.39 is 0 Å². The molecule has 2 N–H and O–H groups in total. The summed E-state index contributed by atoms with van der Waals surface area (Å²) in [6, 6.07) is 0. The summed E-state index contributed by atoms with van der Waals surface area (Å²) < 4.78 is 1.97. The molecular weight excluding hydrogens is 220 g/mol. The number of hydrogen-bond acceptors (Lipinski definition) is 4. The van der Waals surface area contributed by atoms with Crippen molar-refractivity contribution in [1.29, 1.82) is 0 Å². The molecule has 0 aliphatic carbocycles. The van der Waals surface area contributed by atoms with Crippen molar-refractivity contribution >= 4 is 11.8 Å². The largest absolute Gasteiger partial charge is 0.324 e. The van der Waals surface area contributed by atoms with Crippen LogP contribution in [0, 0.1) is 0 Å². The van der Waals surface area contributed by atoms with Gasteiger partial charge in [-0.2, -0.15) is 0 Å². The van der Waals surface area contributed by atoms with E-state index in [0.29, 0.717) is 6.54 Å². The van der Waals surface area contributed by atoms with Crippen LogP contribution < -0.4 is 5.73 Å². The second kappa shape index (κ2) is 7.46. The van der Waals surface area contributed by atoms with E-state index in [-0.39, 0.29) is 0 Å². The number of aromatic nitrogens is 3. The average molecular weight is 240 g/mol. The molecule has 0 spiro atoms. The highest BCUT2D eigenvalue weighted by atomic mass is 32.2. The van der Waals surface area contributed by atoms with E-state index in [0.717, 1.165) is 23.2 Å². The first-order chi connectivity index (χ1) is 7.79. The summed E-state index contributed by atoms with van der Waals surface area (Å²) in [4.78, 5) is 0. The maximum Gasteiger partial charge on any atom is 0.190 e. The summed E-state index contributed by atoms with van der Waals surface area (Å²) in [7, 11) is 1.96. The third-order valence-corrected chi connectivity index (χ3v) is 3.50. The average Bonchev–Trinajstić information content (AvgIpc) is 2.65. The lowest BCUT2D eigenvalue weighted by molar-refractivity contribution is 0.722. The van der Waals surface area contributed by atoms with E-state index in [1.165, 1.54) is 19.3 Å². The van der Waals surface area contributed by atoms with Gasteiger partial charge in [-0.05, 0) is 19.3 Å². The zero-order valence-electron chi connectivity index (χ0n) is 9.85.